The first-order valence-electron chi connectivity index (χ1n) is 5.98. The fourth-order valence-corrected chi connectivity index (χ4v) is 2.46. The van der Waals surface area contributed by atoms with E-state index in [0.29, 0.717) is 19.8 Å². The molecule has 0 radical (unpaired) electrons. The number of nitrogens with zero attached hydrogens (tertiary/aromatic N) is 1. The molecule has 1 aromatic rings. The van der Waals surface area contributed by atoms with Crippen LogP contribution in [0.1, 0.15) is 27.9 Å². The molecule has 90 valence electrons. The topological polar surface area (TPSA) is 55.6 Å². The third-order valence-corrected chi connectivity index (χ3v) is 3.48. The number of likely N-dealkylation sites (tertiary alicyclic amines) is 1. The van der Waals surface area contributed by atoms with Gasteiger partial charge in [0.1, 0.15) is 0 Å². The van der Waals surface area contributed by atoms with Crippen LogP contribution in [0.3, 0.4) is 0 Å². The maximum Gasteiger partial charge on any atom is 0.253 e. The van der Waals surface area contributed by atoms with Gasteiger partial charge < -0.3 is 15.4 Å². The zero-order valence-corrected chi connectivity index (χ0v) is 9.69. The van der Waals surface area contributed by atoms with Crippen molar-refractivity contribution in [3.05, 3.63) is 34.9 Å². The predicted molar refractivity (Wildman–Crippen MR) is 63.4 cm³/mol. The molecule has 1 unspecified atom stereocenters. The molecule has 17 heavy (non-hydrogen) atoms. The Morgan fingerprint density at radius 3 is 2.94 bits per heavy atom. The van der Waals surface area contributed by atoms with Crippen LogP contribution in [-0.2, 0) is 18.0 Å². The third kappa shape index (κ3) is 1.94. The van der Waals surface area contributed by atoms with Gasteiger partial charge in [-0.05, 0) is 29.7 Å². The molecule has 2 N–H and O–H groups in total. The molecular weight excluding hydrogens is 216 g/mol. The van der Waals surface area contributed by atoms with E-state index in [-0.39, 0.29) is 11.9 Å². The Labute approximate surface area is 100 Å². The van der Waals surface area contributed by atoms with Gasteiger partial charge in [0.15, 0.2) is 0 Å². The first-order valence-corrected chi connectivity index (χ1v) is 5.98. The van der Waals surface area contributed by atoms with Gasteiger partial charge in [-0.25, -0.2) is 0 Å². The van der Waals surface area contributed by atoms with Crippen molar-refractivity contribution < 1.29 is 9.53 Å². The monoisotopic (exact) mass is 232 g/mol. The standard InChI is InChI=1S/C13H16N2O2/c14-12-3-4-15(6-12)13(16)9-1-2-10-7-17-8-11(10)5-9/h1-2,5,12H,3-4,6-8,14H2. The third-order valence-electron chi connectivity index (χ3n) is 3.48. The van der Waals surface area contributed by atoms with Gasteiger partial charge in [-0.2, -0.15) is 0 Å². The quantitative estimate of drug-likeness (QED) is 0.782. The molecule has 2 aliphatic rings. The zero-order valence-electron chi connectivity index (χ0n) is 9.69. The zero-order chi connectivity index (χ0) is 11.8. The van der Waals surface area contributed by atoms with Crippen molar-refractivity contribution in [2.45, 2.75) is 25.7 Å². The number of amides is 1. The number of nitrogens with two attached hydrogens (primary N) is 1. The molecule has 1 aromatic carbocycles. The fourth-order valence-electron chi connectivity index (χ4n) is 2.46. The largest absolute Gasteiger partial charge is 0.372 e. The summed E-state index contributed by atoms with van der Waals surface area (Å²) in [7, 11) is 0. The summed E-state index contributed by atoms with van der Waals surface area (Å²) in [5.74, 6) is 0.0904. The summed E-state index contributed by atoms with van der Waals surface area (Å²) in [6.45, 7) is 2.73. The Morgan fingerprint density at radius 2 is 2.18 bits per heavy atom. The highest BCUT2D eigenvalue weighted by atomic mass is 16.5. The van der Waals surface area contributed by atoms with E-state index in [2.05, 4.69) is 0 Å². The highest BCUT2D eigenvalue weighted by Gasteiger charge is 2.25. The minimum absolute atomic E-state index is 0.0904. The Kier molecular flexibility index (Phi) is 2.61. The molecule has 0 saturated carbocycles. The number of ether oxygens (including phenoxy) is 1. The summed E-state index contributed by atoms with van der Waals surface area (Å²) in [5.41, 5.74) is 8.90. The van der Waals surface area contributed by atoms with Crippen molar-refractivity contribution >= 4 is 5.91 Å². The minimum atomic E-state index is 0.0904. The molecule has 4 nitrogen and oxygen atoms in total. The normalized spacial score (nSPS) is 22.9. The molecule has 1 fully saturated rings. The average molecular weight is 232 g/mol. The van der Waals surface area contributed by atoms with Crippen LogP contribution in [0.15, 0.2) is 18.2 Å². The molecule has 1 saturated heterocycles. The number of rotatable bonds is 1. The van der Waals surface area contributed by atoms with Crippen LogP contribution in [0, 0.1) is 0 Å². The van der Waals surface area contributed by atoms with E-state index in [9.17, 15) is 4.79 Å². The second-order valence-electron chi connectivity index (χ2n) is 4.78. The lowest BCUT2D eigenvalue weighted by Crippen LogP contribution is -2.31. The number of hydrogen-bond acceptors (Lipinski definition) is 3. The van der Waals surface area contributed by atoms with Gasteiger partial charge in [-0.1, -0.05) is 6.07 Å². The number of carbonyl (C=O) groups excluding carboxylic acids is 1. The van der Waals surface area contributed by atoms with Gasteiger partial charge in [0, 0.05) is 24.7 Å². The summed E-state index contributed by atoms with van der Waals surface area (Å²) in [5, 5.41) is 0. The molecule has 0 bridgehead atoms. The van der Waals surface area contributed by atoms with E-state index in [0.717, 1.165) is 24.1 Å². The van der Waals surface area contributed by atoms with Crippen molar-refractivity contribution in [2.75, 3.05) is 13.1 Å². The Morgan fingerprint density at radius 1 is 1.35 bits per heavy atom. The highest BCUT2D eigenvalue weighted by Crippen LogP contribution is 2.22. The van der Waals surface area contributed by atoms with Crippen molar-refractivity contribution in [3.8, 4) is 0 Å². The molecule has 1 atom stereocenters. The lowest BCUT2D eigenvalue weighted by molar-refractivity contribution is 0.0790. The van der Waals surface area contributed by atoms with E-state index in [4.69, 9.17) is 10.5 Å². The van der Waals surface area contributed by atoms with Crippen LogP contribution in [0.2, 0.25) is 0 Å². The van der Waals surface area contributed by atoms with Crippen molar-refractivity contribution in [3.63, 3.8) is 0 Å². The molecule has 1 amide bonds. The number of carbonyl (C=O) groups is 1. The summed E-state index contributed by atoms with van der Waals surface area (Å²) in [6, 6.07) is 5.97. The first-order chi connectivity index (χ1) is 8.24. The molecule has 2 aliphatic heterocycles. The number of fused-ring (bicyclic) bond motifs is 1. The van der Waals surface area contributed by atoms with Gasteiger partial charge in [-0.15, -0.1) is 0 Å². The Balaban J connectivity index is 1.82. The smallest absolute Gasteiger partial charge is 0.253 e. The molecular formula is C13H16N2O2. The first kappa shape index (κ1) is 10.7. The minimum Gasteiger partial charge on any atom is -0.372 e. The summed E-state index contributed by atoms with van der Waals surface area (Å²) < 4.78 is 5.35. The Hall–Kier alpha value is -1.39. The van der Waals surface area contributed by atoms with Crippen LogP contribution in [0.25, 0.3) is 0 Å². The molecule has 0 spiro atoms. The maximum absolute atomic E-state index is 12.2. The Bertz CT molecular complexity index is 459. The molecule has 0 aliphatic carbocycles. The van der Waals surface area contributed by atoms with Crippen LogP contribution in [0.4, 0.5) is 0 Å². The van der Waals surface area contributed by atoms with Crippen molar-refractivity contribution in [1.29, 1.82) is 0 Å². The van der Waals surface area contributed by atoms with E-state index >= 15 is 0 Å². The van der Waals surface area contributed by atoms with Crippen LogP contribution < -0.4 is 5.73 Å². The maximum atomic E-state index is 12.2. The predicted octanol–water partition coefficient (Wildman–Crippen LogP) is 0.890. The van der Waals surface area contributed by atoms with E-state index in [1.165, 1.54) is 5.56 Å². The number of hydrogen-bond donors (Lipinski definition) is 1. The molecule has 3 rings (SSSR count). The van der Waals surface area contributed by atoms with Crippen LogP contribution in [0.5, 0.6) is 0 Å². The number of benzene rings is 1. The second kappa shape index (κ2) is 4.13. The van der Waals surface area contributed by atoms with Gasteiger partial charge in [-0.3, -0.25) is 4.79 Å². The average Bonchev–Trinajstić information content (AvgIpc) is 2.95. The summed E-state index contributed by atoms with van der Waals surface area (Å²) in [4.78, 5) is 14.1. The van der Waals surface area contributed by atoms with E-state index in [1.807, 2.05) is 23.1 Å². The van der Waals surface area contributed by atoms with Crippen molar-refractivity contribution in [2.24, 2.45) is 5.73 Å². The second-order valence-corrected chi connectivity index (χ2v) is 4.78. The van der Waals surface area contributed by atoms with Crippen molar-refractivity contribution in [1.82, 2.24) is 4.90 Å². The van der Waals surface area contributed by atoms with E-state index < -0.39 is 0 Å². The van der Waals surface area contributed by atoms with E-state index in [1.54, 1.807) is 0 Å². The molecule has 4 heteroatoms. The molecule has 0 aromatic heterocycles. The highest BCUT2D eigenvalue weighted by molar-refractivity contribution is 5.94. The van der Waals surface area contributed by atoms with Crippen LogP contribution >= 0.6 is 0 Å². The van der Waals surface area contributed by atoms with Gasteiger partial charge in [0.05, 0.1) is 13.2 Å². The summed E-state index contributed by atoms with van der Waals surface area (Å²) in [6.07, 6.45) is 0.903. The fraction of sp³-hybridized carbons (Fsp3) is 0.462. The van der Waals surface area contributed by atoms with Gasteiger partial charge >= 0.3 is 0 Å². The van der Waals surface area contributed by atoms with Gasteiger partial charge in [0.25, 0.3) is 5.91 Å². The van der Waals surface area contributed by atoms with Gasteiger partial charge in [0.2, 0.25) is 0 Å². The SMILES string of the molecule is NC1CCN(C(=O)c2ccc3c(c2)COC3)C1. The summed E-state index contributed by atoms with van der Waals surface area (Å²) >= 11 is 0. The molecule has 2 heterocycles. The lowest BCUT2D eigenvalue weighted by atomic mass is 10.1. The lowest BCUT2D eigenvalue weighted by Gasteiger charge is -2.16. The van der Waals surface area contributed by atoms with Crippen LogP contribution in [-0.4, -0.2) is 29.9 Å².